The Labute approximate surface area is 145 Å². The molecule has 1 aromatic heterocycles. The quantitative estimate of drug-likeness (QED) is 0.592. The van der Waals surface area contributed by atoms with Gasteiger partial charge in [-0.15, -0.1) is 0 Å². The van der Waals surface area contributed by atoms with Gasteiger partial charge in [-0.05, 0) is 30.5 Å². The molecular weight excluding hydrogens is 324 g/mol. The lowest BCUT2D eigenvalue weighted by molar-refractivity contribution is 0.306. The summed E-state index contributed by atoms with van der Waals surface area (Å²) in [5, 5.41) is 1.38. The zero-order valence-corrected chi connectivity index (χ0v) is 14.5. The van der Waals surface area contributed by atoms with Gasteiger partial charge in [0.25, 0.3) is 0 Å². The molecule has 0 amide bonds. The predicted octanol–water partition coefficient (Wildman–Crippen LogP) is 5.29. The molecule has 124 valence electrons. The molecule has 0 N–H and O–H groups in total. The third kappa shape index (κ3) is 3.62. The van der Waals surface area contributed by atoms with Crippen LogP contribution in [0.25, 0.3) is 11.0 Å². The number of halogens is 1. The summed E-state index contributed by atoms with van der Waals surface area (Å²) in [7, 11) is 0. The van der Waals surface area contributed by atoms with Crippen LogP contribution in [0.1, 0.15) is 30.0 Å². The molecular formula is C20H19ClO3. The first-order valence-electron chi connectivity index (χ1n) is 8.01. The van der Waals surface area contributed by atoms with Crippen molar-refractivity contribution >= 4 is 22.6 Å². The van der Waals surface area contributed by atoms with Crippen LogP contribution in [-0.2, 0) is 13.0 Å². The Balaban J connectivity index is 1.94. The fourth-order valence-corrected chi connectivity index (χ4v) is 3.00. The predicted molar refractivity (Wildman–Crippen MR) is 97.0 cm³/mol. The summed E-state index contributed by atoms with van der Waals surface area (Å²) in [5.74, 6) is 0.516. The van der Waals surface area contributed by atoms with Crippen molar-refractivity contribution in [2.24, 2.45) is 0 Å². The molecule has 3 rings (SSSR count). The third-order valence-electron chi connectivity index (χ3n) is 3.88. The maximum absolute atomic E-state index is 11.8. The van der Waals surface area contributed by atoms with Gasteiger partial charge in [0.1, 0.15) is 17.9 Å². The molecule has 0 saturated carbocycles. The summed E-state index contributed by atoms with van der Waals surface area (Å²) >= 11 is 6.37. The Morgan fingerprint density at radius 1 is 1.17 bits per heavy atom. The highest BCUT2D eigenvalue weighted by Crippen LogP contribution is 2.32. The maximum atomic E-state index is 11.8. The summed E-state index contributed by atoms with van der Waals surface area (Å²) < 4.78 is 11.2. The lowest BCUT2D eigenvalue weighted by atomic mass is 10.1. The van der Waals surface area contributed by atoms with Gasteiger partial charge >= 0.3 is 5.63 Å². The van der Waals surface area contributed by atoms with Gasteiger partial charge in [0.2, 0.25) is 0 Å². The maximum Gasteiger partial charge on any atom is 0.336 e. The summed E-state index contributed by atoms with van der Waals surface area (Å²) in [6.45, 7) is 4.52. The zero-order chi connectivity index (χ0) is 17.1. The Hall–Kier alpha value is -2.26. The molecule has 0 aliphatic carbocycles. The number of ether oxygens (including phenoxy) is 1. The van der Waals surface area contributed by atoms with Gasteiger partial charge in [0.15, 0.2) is 0 Å². The number of rotatable bonds is 5. The van der Waals surface area contributed by atoms with E-state index in [0.717, 1.165) is 29.4 Å². The minimum Gasteiger partial charge on any atom is -0.487 e. The second-order valence-electron chi connectivity index (χ2n) is 5.90. The van der Waals surface area contributed by atoms with Crippen molar-refractivity contribution in [3.63, 3.8) is 0 Å². The molecule has 0 bridgehead atoms. The molecule has 3 nitrogen and oxygen atoms in total. The second kappa shape index (κ2) is 7.10. The van der Waals surface area contributed by atoms with Crippen molar-refractivity contribution in [2.45, 2.75) is 33.3 Å². The Morgan fingerprint density at radius 3 is 2.75 bits per heavy atom. The van der Waals surface area contributed by atoms with Crippen LogP contribution in [0, 0.1) is 6.92 Å². The van der Waals surface area contributed by atoms with Gasteiger partial charge in [-0.1, -0.05) is 54.8 Å². The second-order valence-corrected chi connectivity index (χ2v) is 6.30. The molecule has 4 heteroatoms. The van der Waals surface area contributed by atoms with Gasteiger partial charge in [0.05, 0.1) is 5.02 Å². The summed E-state index contributed by atoms with van der Waals surface area (Å²) in [4.78, 5) is 11.8. The molecule has 0 saturated heterocycles. The van der Waals surface area contributed by atoms with Crippen LogP contribution in [0.15, 0.2) is 51.7 Å². The van der Waals surface area contributed by atoms with E-state index in [4.69, 9.17) is 20.8 Å². The van der Waals surface area contributed by atoms with Crippen molar-refractivity contribution in [3.8, 4) is 5.75 Å². The van der Waals surface area contributed by atoms with Crippen molar-refractivity contribution in [2.75, 3.05) is 0 Å². The van der Waals surface area contributed by atoms with E-state index in [1.807, 2.05) is 31.2 Å². The van der Waals surface area contributed by atoms with Crippen LogP contribution in [0.2, 0.25) is 5.02 Å². The Bertz CT molecular complexity index is 928. The monoisotopic (exact) mass is 342 g/mol. The third-order valence-corrected chi connectivity index (χ3v) is 4.17. The van der Waals surface area contributed by atoms with Gasteiger partial charge in [-0.25, -0.2) is 4.79 Å². The molecule has 0 spiro atoms. The van der Waals surface area contributed by atoms with E-state index in [1.165, 1.54) is 11.6 Å². The number of hydrogen-bond donors (Lipinski definition) is 0. The molecule has 2 aromatic carbocycles. The number of benzene rings is 2. The fraction of sp³-hybridized carbons (Fsp3) is 0.250. The van der Waals surface area contributed by atoms with Crippen molar-refractivity contribution < 1.29 is 9.15 Å². The molecule has 0 atom stereocenters. The van der Waals surface area contributed by atoms with E-state index in [9.17, 15) is 4.79 Å². The zero-order valence-electron chi connectivity index (χ0n) is 13.8. The molecule has 1 heterocycles. The highest BCUT2D eigenvalue weighted by atomic mass is 35.5. The van der Waals surface area contributed by atoms with Gasteiger partial charge in [-0.2, -0.15) is 0 Å². The average Bonchev–Trinajstić information content (AvgIpc) is 2.54. The largest absolute Gasteiger partial charge is 0.487 e. The van der Waals surface area contributed by atoms with Crippen LogP contribution in [0.3, 0.4) is 0 Å². The molecule has 0 radical (unpaired) electrons. The summed E-state index contributed by atoms with van der Waals surface area (Å²) in [6.07, 6.45) is 1.75. The topological polar surface area (TPSA) is 39.4 Å². The highest BCUT2D eigenvalue weighted by Gasteiger charge is 2.11. The van der Waals surface area contributed by atoms with E-state index in [0.29, 0.717) is 23.0 Å². The van der Waals surface area contributed by atoms with E-state index < -0.39 is 0 Å². The average molecular weight is 343 g/mol. The smallest absolute Gasteiger partial charge is 0.336 e. The minimum absolute atomic E-state index is 0.349. The molecule has 3 aromatic rings. The minimum atomic E-state index is -0.349. The number of hydrogen-bond acceptors (Lipinski definition) is 3. The normalized spacial score (nSPS) is 11.0. The van der Waals surface area contributed by atoms with E-state index >= 15 is 0 Å². The standard InChI is InChI=1S/C20H19ClO3/c1-3-5-15-9-20(22)24-18-11-19(17(21)10-16(15)18)23-12-14-7-4-6-13(2)8-14/h4,6-11H,3,5,12H2,1-2H3. The lowest BCUT2D eigenvalue weighted by Gasteiger charge is -2.11. The van der Waals surface area contributed by atoms with E-state index in [-0.39, 0.29) is 5.63 Å². The fourth-order valence-electron chi connectivity index (χ4n) is 2.78. The van der Waals surface area contributed by atoms with Crippen LogP contribution in [0.4, 0.5) is 0 Å². The molecule has 0 fully saturated rings. The van der Waals surface area contributed by atoms with Crippen LogP contribution < -0.4 is 10.4 Å². The van der Waals surface area contributed by atoms with E-state index in [2.05, 4.69) is 13.0 Å². The Morgan fingerprint density at radius 2 is 2.00 bits per heavy atom. The van der Waals surface area contributed by atoms with Crippen LogP contribution in [-0.4, -0.2) is 0 Å². The molecule has 24 heavy (non-hydrogen) atoms. The SMILES string of the molecule is CCCc1cc(=O)oc2cc(OCc3cccc(C)c3)c(Cl)cc12. The summed E-state index contributed by atoms with van der Waals surface area (Å²) in [6, 6.07) is 13.2. The molecule has 0 unspecified atom stereocenters. The van der Waals surface area contributed by atoms with E-state index in [1.54, 1.807) is 6.07 Å². The summed E-state index contributed by atoms with van der Waals surface area (Å²) in [5.41, 5.74) is 3.35. The van der Waals surface area contributed by atoms with Crippen LogP contribution in [0.5, 0.6) is 5.75 Å². The van der Waals surface area contributed by atoms with Crippen LogP contribution >= 0.6 is 11.6 Å². The first-order chi connectivity index (χ1) is 11.6. The van der Waals surface area contributed by atoms with Crippen molar-refractivity contribution in [3.05, 3.63) is 74.6 Å². The lowest BCUT2D eigenvalue weighted by Crippen LogP contribution is -2.02. The van der Waals surface area contributed by atoms with Gasteiger partial charge in [0, 0.05) is 17.5 Å². The number of fused-ring (bicyclic) bond motifs is 1. The first kappa shape index (κ1) is 16.6. The van der Waals surface area contributed by atoms with Gasteiger partial charge in [-0.3, -0.25) is 0 Å². The highest BCUT2D eigenvalue weighted by molar-refractivity contribution is 6.32. The first-order valence-corrected chi connectivity index (χ1v) is 8.39. The number of aryl methyl sites for hydroxylation is 2. The van der Waals surface area contributed by atoms with Crippen molar-refractivity contribution in [1.82, 2.24) is 0 Å². The van der Waals surface area contributed by atoms with Gasteiger partial charge < -0.3 is 9.15 Å². The van der Waals surface area contributed by atoms with Crippen molar-refractivity contribution in [1.29, 1.82) is 0 Å². The molecule has 0 aliphatic rings. The Kier molecular flexibility index (Phi) is 4.91. The molecule has 0 aliphatic heterocycles.